The highest BCUT2D eigenvalue weighted by atomic mass is 15.2. The lowest BCUT2D eigenvalue weighted by atomic mass is 9.81. The van der Waals surface area contributed by atoms with E-state index in [9.17, 15) is 0 Å². The van der Waals surface area contributed by atoms with E-state index in [-0.39, 0.29) is 12.1 Å². The van der Waals surface area contributed by atoms with Crippen LogP contribution in [0.4, 0.5) is 11.4 Å². The van der Waals surface area contributed by atoms with Gasteiger partial charge in [-0.05, 0) is 138 Å². The van der Waals surface area contributed by atoms with Crippen molar-refractivity contribution in [3.63, 3.8) is 0 Å². The first-order valence-corrected chi connectivity index (χ1v) is 25.6. The molecule has 10 aromatic rings. The molecule has 1 aliphatic carbocycles. The van der Waals surface area contributed by atoms with E-state index >= 15 is 0 Å². The molecule has 2 atom stereocenters. The summed E-state index contributed by atoms with van der Waals surface area (Å²) in [5.41, 5.74) is 19.8. The first kappa shape index (κ1) is 43.3. The van der Waals surface area contributed by atoms with Gasteiger partial charge in [0.15, 0.2) is 0 Å². The number of nitrogens with zero attached hydrogens (tertiary/aromatic N) is 2. The fourth-order valence-corrected chi connectivity index (χ4v) is 11.9. The molecule has 10 aromatic carbocycles. The van der Waals surface area contributed by atoms with Crippen LogP contribution in [-0.2, 0) is 0 Å². The van der Waals surface area contributed by atoms with Crippen molar-refractivity contribution in [2.75, 3.05) is 9.80 Å². The van der Waals surface area contributed by atoms with Gasteiger partial charge in [-0.3, -0.25) is 0 Å². The second kappa shape index (κ2) is 18.9. The van der Waals surface area contributed by atoms with E-state index in [0.29, 0.717) is 0 Å². The van der Waals surface area contributed by atoms with Crippen molar-refractivity contribution in [3.05, 3.63) is 295 Å². The van der Waals surface area contributed by atoms with Crippen molar-refractivity contribution in [2.45, 2.75) is 37.8 Å². The van der Waals surface area contributed by atoms with Crippen LogP contribution in [0.15, 0.2) is 267 Å². The van der Waals surface area contributed by atoms with Crippen LogP contribution in [0.5, 0.6) is 0 Å². The highest BCUT2D eigenvalue weighted by Crippen LogP contribution is 2.52. The van der Waals surface area contributed by atoms with E-state index in [1.807, 2.05) is 0 Å². The van der Waals surface area contributed by atoms with Crippen LogP contribution in [0, 0.1) is 0 Å². The summed E-state index contributed by atoms with van der Waals surface area (Å²) in [5, 5.41) is 4.92. The maximum Gasteiger partial charge on any atom is 0.0626 e. The highest BCUT2D eigenvalue weighted by Gasteiger charge is 2.33. The number of benzene rings is 10. The van der Waals surface area contributed by atoms with E-state index in [0.717, 1.165) is 25.7 Å². The van der Waals surface area contributed by atoms with Crippen molar-refractivity contribution < 1.29 is 0 Å². The Hall–Kier alpha value is -8.72. The molecule has 0 radical (unpaired) electrons. The quantitative estimate of drug-likeness (QED) is 0.126. The molecule has 2 heterocycles. The number of rotatable bonds is 10. The minimum atomic E-state index is 0.136. The predicted octanol–water partition coefficient (Wildman–Crippen LogP) is 18.7. The SMILES string of the molecule is C1=CC(c2ccccc2-c2c3cc(N4C(c5ccccc5)=CCC4c4ccccc4)ccc3c(-c3ccccc3-c3ccccc3)c3cc(N4C(c5ccccc5)=CCC4c4ccccc4)ccc23)=CCC1. The van der Waals surface area contributed by atoms with Crippen LogP contribution < -0.4 is 9.80 Å². The third-order valence-corrected chi connectivity index (χ3v) is 15.1. The van der Waals surface area contributed by atoms with Gasteiger partial charge in [-0.1, -0.05) is 243 Å². The van der Waals surface area contributed by atoms with Gasteiger partial charge in [0.25, 0.3) is 0 Å². The van der Waals surface area contributed by atoms with Gasteiger partial charge in [0, 0.05) is 22.8 Å². The fraction of sp³-hybridized carbons (Fsp3) is 0.0857. The third kappa shape index (κ3) is 7.77. The van der Waals surface area contributed by atoms with Crippen LogP contribution in [-0.4, -0.2) is 0 Å². The first-order chi connectivity index (χ1) is 35.8. The molecule has 2 heteroatoms. The van der Waals surface area contributed by atoms with E-state index < -0.39 is 0 Å². The Bertz CT molecular complexity index is 3740. The first-order valence-electron chi connectivity index (χ1n) is 25.6. The molecule has 0 N–H and O–H groups in total. The molecule has 0 spiro atoms. The molecule has 2 unspecified atom stereocenters. The van der Waals surface area contributed by atoms with Gasteiger partial charge in [-0.25, -0.2) is 0 Å². The number of anilines is 2. The number of hydrogen-bond acceptors (Lipinski definition) is 2. The van der Waals surface area contributed by atoms with E-state index in [2.05, 4.69) is 277 Å². The minimum absolute atomic E-state index is 0.136. The molecule has 3 aliphatic rings. The lowest BCUT2D eigenvalue weighted by Gasteiger charge is -2.32. The Kier molecular flexibility index (Phi) is 11.4. The molecule has 0 fully saturated rings. The maximum absolute atomic E-state index is 2.60. The number of allylic oxidation sites excluding steroid dienone is 4. The molecule has 13 rings (SSSR count). The van der Waals surface area contributed by atoms with Gasteiger partial charge in [0.05, 0.1) is 12.1 Å². The van der Waals surface area contributed by atoms with Gasteiger partial charge < -0.3 is 9.80 Å². The summed E-state index contributed by atoms with van der Waals surface area (Å²) >= 11 is 0. The third-order valence-electron chi connectivity index (χ3n) is 15.1. The monoisotopic (exact) mass is 922 g/mol. The van der Waals surface area contributed by atoms with Crippen LogP contribution >= 0.6 is 0 Å². The van der Waals surface area contributed by atoms with Crippen molar-refractivity contribution in [3.8, 4) is 33.4 Å². The molecular formula is C70H54N2. The van der Waals surface area contributed by atoms with E-state index in [1.54, 1.807) is 0 Å². The molecular weight excluding hydrogens is 869 g/mol. The lowest BCUT2D eigenvalue weighted by molar-refractivity contribution is 0.749. The van der Waals surface area contributed by atoms with Crippen LogP contribution in [0.3, 0.4) is 0 Å². The second-order valence-corrected chi connectivity index (χ2v) is 19.3. The number of fused-ring (bicyclic) bond motifs is 2. The maximum atomic E-state index is 2.60. The van der Waals surface area contributed by atoms with E-state index in [4.69, 9.17) is 0 Å². The fourth-order valence-electron chi connectivity index (χ4n) is 11.9. The van der Waals surface area contributed by atoms with Crippen LogP contribution in [0.1, 0.15) is 65.6 Å². The zero-order valence-corrected chi connectivity index (χ0v) is 40.3. The van der Waals surface area contributed by atoms with Crippen LogP contribution in [0.2, 0.25) is 0 Å². The van der Waals surface area contributed by atoms with Gasteiger partial charge in [0.1, 0.15) is 0 Å². The predicted molar refractivity (Wildman–Crippen MR) is 306 cm³/mol. The smallest absolute Gasteiger partial charge is 0.0626 e. The zero-order valence-electron chi connectivity index (χ0n) is 40.3. The summed E-state index contributed by atoms with van der Waals surface area (Å²) < 4.78 is 0. The van der Waals surface area contributed by atoms with Gasteiger partial charge in [0.2, 0.25) is 0 Å². The lowest BCUT2D eigenvalue weighted by Crippen LogP contribution is -2.23. The normalized spacial score (nSPS) is 16.5. The van der Waals surface area contributed by atoms with Gasteiger partial charge in [-0.15, -0.1) is 0 Å². The molecule has 2 nitrogen and oxygen atoms in total. The molecule has 72 heavy (non-hydrogen) atoms. The molecule has 0 saturated heterocycles. The van der Waals surface area contributed by atoms with E-state index in [1.165, 1.54) is 111 Å². The van der Waals surface area contributed by atoms with Crippen molar-refractivity contribution in [2.24, 2.45) is 0 Å². The zero-order chi connectivity index (χ0) is 47.8. The Labute approximate surface area is 423 Å². The Morgan fingerprint density at radius 1 is 0.319 bits per heavy atom. The Morgan fingerprint density at radius 2 is 0.722 bits per heavy atom. The van der Waals surface area contributed by atoms with Gasteiger partial charge >= 0.3 is 0 Å². The van der Waals surface area contributed by atoms with Gasteiger partial charge in [-0.2, -0.15) is 0 Å². The summed E-state index contributed by atoms with van der Waals surface area (Å²) in [6.45, 7) is 0. The Balaban J connectivity index is 1.14. The Morgan fingerprint density at radius 3 is 1.18 bits per heavy atom. The molecule has 344 valence electrons. The average Bonchev–Trinajstić information content (AvgIpc) is 4.12. The molecule has 0 aromatic heterocycles. The summed E-state index contributed by atoms with van der Waals surface area (Å²) in [7, 11) is 0. The topological polar surface area (TPSA) is 6.48 Å². The molecule has 2 aliphatic heterocycles. The molecule has 0 bridgehead atoms. The largest absolute Gasteiger partial charge is 0.333 e. The van der Waals surface area contributed by atoms with Crippen molar-refractivity contribution >= 4 is 49.9 Å². The molecule has 0 amide bonds. The van der Waals surface area contributed by atoms with Crippen molar-refractivity contribution in [1.82, 2.24) is 0 Å². The van der Waals surface area contributed by atoms with Crippen molar-refractivity contribution in [1.29, 1.82) is 0 Å². The average molecular weight is 923 g/mol. The summed E-state index contributed by atoms with van der Waals surface area (Å²) in [5.74, 6) is 0. The standard InChI is InChI=1S/C70H54N2/c1-7-23-49(24-8-1)57-35-19-21-37-59(57)69-61-41-39-56(72-67(53-31-15-5-16-32-53)45-46-68(72)54-33-17-6-18-34-54)48-64(61)70(60-38-22-20-36-58(60)50-25-9-2-10-26-50)62-42-40-55(47-63(62)69)71-65(51-27-11-3-12-28-51)43-44-66(71)52-29-13-4-14-30-52/h1,3-9,11-43,45,47-48,66,68H,2,10,44,46H2. The minimum Gasteiger partial charge on any atom is -0.333 e. The second-order valence-electron chi connectivity index (χ2n) is 19.3. The summed E-state index contributed by atoms with van der Waals surface area (Å²) in [4.78, 5) is 5.20. The highest BCUT2D eigenvalue weighted by molar-refractivity contribution is 6.24. The number of hydrogen-bond donors (Lipinski definition) is 0. The molecule has 0 saturated carbocycles. The summed E-state index contributed by atoms with van der Waals surface area (Å²) in [6, 6.07) is 88.2. The van der Waals surface area contributed by atoms with Crippen LogP contribution in [0.25, 0.3) is 71.9 Å². The summed E-state index contributed by atoms with van der Waals surface area (Å²) in [6.07, 6.45) is 15.9.